The summed E-state index contributed by atoms with van der Waals surface area (Å²) in [6.07, 6.45) is -0.426. The molecule has 2 aromatic rings. The smallest absolute Gasteiger partial charge is 0.170 e. The molecule has 1 nitrogen and oxygen atoms in total. The fourth-order valence-electron chi connectivity index (χ4n) is 1.82. The van der Waals surface area contributed by atoms with Gasteiger partial charge in [-0.1, -0.05) is 23.7 Å². The van der Waals surface area contributed by atoms with E-state index in [-0.39, 0.29) is 16.1 Å². The average molecular weight is 299 g/mol. The van der Waals surface area contributed by atoms with Crippen molar-refractivity contribution in [3.05, 3.63) is 69.5 Å². The maximum Gasteiger partial charge on any atom is 0.170 e. The number of hydrogen-bond acceptors (Lipinski definition) is 1. The molecule has 0 radical (unpaired) electrons. The first-order valence-electron chi connectivity index (χ1n) is 5.82. The Morgan fingerprint density at radius 1 is 1.10 bits per heavy atom. The Balaban J connectivity index is 2.36. The molecule has 0 heterocycles. The van der Waals surface area contributed by atoms with Crippen molar-refractivity contribution in [2.24, 2.45) is 0 Å². The summed E-state index contributed by atoms with van der Waals surface area (Å²) in [4.78, 5) is 12.0. The Hall–Kier alpha value is -1.81. The van der Waals surface area contributed by atoms with Gasteiger partial charge in [-0.2, -0.15) is 0 Å². The van der Waals surface area contributed by atoms with Gasteiger partial charge in [-0.25, -0.2) is 13.2 Å². The lowest BCUT2D eigenvalue weighted by molar-refractivity contribution is 0.0987. The molecule has 0 aliphatic carbocycles. The minimum atomic E-state index is -1.22. The van der Waals surface area contributed by atoms with E-state index in [1.54, 1.807) is 0 Å². The summed E-state index contributed by atoms with van der Waals surface area (Å²) in [5.74, 6) is -3.68. The third-order valence-electron chi connectivity index (χ3n) is 2.97. The molecule has 0 saturated heterocycles. The lowest BCUT2D eigenvalue weighted by Crippen LogP contribution is -2.10. The van der Waals surface area contributed by atoms with Crippen LogP contribution in [0.2, 0.25) is 5.02 Å². The van der Waals surface area contributed by atoms with E-state index in [1.807, 2.05) is 0 Å². The van der Waals surface area contributed by atoms with Gasteiger partial charge in [-0.3, -0.25) is 4.79 Å². The molecule has 0 saturated carbocycles. The number of halogens is 4. The molecule has 0 aliphatic rings. The number of rotatable bonds is 3. The first-order chi connectivity index (χ1) is 9.41. The third-order valence-corrected chi connectivity index (χ3v) is 3.33. The number of aryl methyl sites for hydroxylation is 1. The second kappa shape index (κ2) is 5.67. The minimum Gasteiger partial charge on any atom is -0.294 e. The van der Waals surface area contributed by atoms with Crippen molar-refractivity contribution < 1.29 is 18.0 Å². The molecule has 0 bridgehead atoms. The fraction of sp³-hybridized carbons (Fsp3) is 0.133. The van der Waals surface area contributed by atoms with Crippen LogP contribution in [0.5, 0.6) is 0 Å². The van der Waals surface area contributed by atoms with Crippen molar-refractivity contribution in [3.8, 4) is 0 Å². The average Bonchev–Trinajstić information content (AvgIpc) is 2.40. The molecule has 0 fully saturated rings. The molecule has 0 atom stereocenters. The van der Waals surface area contributed by atoms with E-state index in [1.165, 1.54) is 31.2 Å². The van der Waals surface area contributed by atoms with Gasteiger partial charge >= 0.3 is 0 Å². The molecule has 0 unspecified atom stereocenters. The molecule has 0 N–H and O–H groups in total. The van der Waals surface area contributed by atoms with Crippen LogP contribution in [0.15, 0.2) is 30.3 Å². The maximum atomic E-state index is 13.7. The summed E-state index contributed by atoms with van der Waals surface area (Å²) in [5.41, 5.74) is -0.338. The van der Waals surface area contributed by atoms with E-state index in [4.69, 9.17) is 11.6 Å². The predicted molar refractivity (Wildman–Crippen MR) is 70.5 cm³/mol. The fourth-order valence-corrected chi connectivity index (χ4v) is 2.05. The lowest BCUT2D eigenvalue weighted by atomic mass is 10.0. The van der Waals surface area contributed by atoms with Crippen LogP contribution in [0.1, 0.15) is 21.5 Å². The zero-order valence-electron chi connectivity index (χ0n) is 10.5. The van der Waals surface area contributed by atoms with Crippen LogP contribution in [0.3, 0.4) is 0 Å². The number of carbonyl (C=O) groups is 1. The molecule has 20 heavy (non-hydrogen) atoms. The Morgan fingerprint density at radius 3 is 2.45 bits per heavy atom. The van der Waals surface area contributed by atoms with E-state index < -0.39 is 35.2 Å². The van der Waals surface area contributed by atoms with Crippen molar-refractivity contribution >= 4 is 17.4 Å². The zero-order valence-corrected chi connectivity index (χ0v) is 11.3. The summed E-state index contributed by atoms with van der Waals surface area (Å²) in [6.45, 7) is 1.39. The Labute approximate surface area is 119 Å². The summed E-state index contributed by atoms with van der Waals surface area (Å²) in [6, 6.07) is 6.47. The van der Waals surface area contributed by atoms with Gasteiger partial charge < -0.3 is 0 Å². The summed E-state index contributed by atoms with van der Waals surface area (Å²) >= 11 is 5.80. The Bertz CT molecular complexity index is 663. The Kier molecular flexibility index (Phi) is 4.14. The number of carbonyl (C=O) groups excluding carboxylic acids is 1. The topological polar surface area (TPSA) is 17.1 Å². The first-order valence-corrected chi connectivity index (χ1v) is 6.20. The van der Waals surface area contributed by atoms with Crippen molar-refractivity contribution in [3.63, 3.8) is 0 Å². The molecule has 0 spiro atoms. The molecule has 104 valence electrons. The van der Waals surface area contributed by atoms with E-state index in [9.17, 15) is 18.0 Å². The van der Waals surface area contributed by atoms with Gasteiger partial charge in [0.1, 0.15) is 5.82 Å². The molecular formula is C15H10ClF3O. The van der Waals surface area contributed by atoms with Gasteiger partial charge in [0.25, 0.3) is 0 Å². The van der Waals surface area contributed by atoms with Crippen LogP contribution in [0, 0.1) is 24.4 Å². The zero-order chi connectivity index (χ0) is 14.9. The van der Waals surface area contributed by atoms with Gasteiger partial charge in [-0.15, -0.1) is 0 Å². The lowest BCUT2D eigenvalue weighted by Gasteiger charge is -2.07. The summed E-state index contributed by atoms with van der Waals surface area (Å²) in [5, 5.41) is 0.0753. The van der Waals surface area contributed by atoms with Crippen LogP contribution < -0.4 is 0 Å². The molecule has 0 aromatic heterocycles. The highest BCUT2D eigenvalue weighted by molar-refractivity contribution is 6.31. The number of Topliss-reactive ketones (excluding diaryl/α,β-unsaturated/α-hetero) is 1. The third kappa shape index (κ3) is 2.70. The standard InChI is InChI=1S/C15H10ClF3O/c1-8-5-6-9(15(19)14(8)18)13(20)7-10-11(16)3-2-4-12(10)17/h2-6H,7H2,1H3. The summed E-state index contributed by atoms with van der Waals surface area (Å²) in [7, 11) is 0. The molecule has 0 aliphatic heterocycles. The highest BCUT2D eigenvalue weighted by Gasteiger charge is 2.19. The highest BCUT2D eigenvalue weighted by atomic mass is 35.5. The molecular weight excluding hydrogens is 289 g/mol. The van der Waals surface area contributed by atoms with E-state index in [2.05, 4.69) is 0 Å². The molecule has 0 amide bonds. The second-order valence-corrected chi connectivity index (χ2v) is 4.77. The minimum absolute atomic E-state index is 0.0282. The summed E-state index contributed by atoms with van der Waals surface area (Å²) < 4.78 is 40.7. The van der Waals surface area contributed by atoms with Gasteiger partial charge in [-0.05, 0) is 30.7 Å². The molecule has 5 heteroatoms. The van der Waals surface area contributed by atoms with Crippen LogP contribution >= 0.6 is 11.6 Å². The van der Waals surface area contributed by atoms with Crippen LogP contribution in [-0.2, 0) is 6.42 Å². The van der Waals surface area contributed by atoms with E-state index >= 15 is 0 Å². The largest absolute Gasteiger partial charge is 0.294 e. The number of hydrogen-bond donors (Lipinski definition) is 0. The Morgan fingerprint density at radius 2 is 1.80 bits per heavy atom. The van der Waals surface area contributed by atoms with Crippen LogP contribution in [0.4, 0.5) is 13.2 Å². The predicted octanol–water partition coefficient (Wildman–Crippen LogP) is 4.49. The van der Waals surface area contributed by atoms with Gasteiger partial charge in [0.05, 0.1) is 5.56 Å². The van der Waals surface area contributed by atoms with Crippen molar-refractivity contribution in [1.82, 2.24) is 0 Å². The second-order valence-electron chi connectivity index (χ2n) is 4.36. The normalized spacial score (nSPS) is 10.7. The monoisotopic (exact) mass is 298 g/mol. The van der Waals surface area contributed by atoms with Gasteiger partial charge in [0, 0.05) is 17.0 Å². The van der Waals surface area contributed by atoms with Crippen molar-refractivity contribution in [2.45, 2.75) is 13.3 Å². The van der Waals surface area contributed by atoms with Crippen LogP contribution in [0.25, 0.3) is 0 Å². The van der Waals surface area contributed by atoms with Crippen LogP contribution in [-0.4, -0.2) is 5.78 Å². The van der Waals surface area contributed by atoms with E-state index in [0.717, 1.165) is 6.07 Å². The van der Waals surface area contributed by atoms with Gasteiger partial charge in [0.2, 0.25) is 0 Å². The number of ketones is 1. The van der Waals surface area contributed by atoms with Crippen molar-refractivity contribution in [2.75, 3.05) is 0 Å². The molecule has 2 aromatic carbocycles. The van der Waals surface area contributed by atoms with E-state index in [0.29, 0.717) is 0 Å². The quantitative estimate of drug-likeness (QED) is 0.763. The first kappa shape index (κ1) is 14.6. The SMILES string of the molecule is Cc1ccc(C(=O)Cc2c(F)cccc2Cl)c(F)c1F. The van der Waals surface area contributed by atoms with Crippen molar-refractivity contribution in [1.29, 1.82) is 0 Å². The van der Waals surface area contributed by atoms with Gasteiger partial charge in [0.15, 0.2) is 17.4 Å². The number of benzene rings is 2. The maximum absolute atomic E-state index is 13.7. The highest BCUT2D eigenvalue weighted by Crippen LogP contribution is 2.23. The molecule has 2 rings (SSSR count).